The smallest absolute Gasteiger partial charge is 0.326 e. The van der Waals surface area contributed by atoms with Gasteiger partial charge in [-0.25, -0.2) is 4.79 Å². The highest BCUT2D eigenvalue weighted by Gasteiger charge is 2.40. The van der Waals surface area contributed by atoms with Crippen LogP contribution in [-0.2, 0) is 4.79 Å². The van der Waals surface area contributed by atoms with E-state index in [4.69, 9.17) is 4.74 Å². The van der Waals surface area contributed by atoms with Crippen molar-refractivity contribution in [1.82, 2.24) is 0 Å². The fourth-order valence-corrected chi connectivity index (χ4v) is 3.24. The Kier molecular flexibility index (Phi) is 3.99. The number of methoxy groups -OCH3 is 1. The number of benzene rings is 1. The summed E-state index contributed by atoms with van der Waals surface area (Å²) in [6, 6.07) is 5.25. The molecule has 0 bridgehead atoms. The van der Waals surface area contributed by atoms with Crippen molar-refractivity contribution in [1.29, 1.82) is 0 Å². The van der Waals surface area contributed by atoms with E-state index in [9.17, 15) is 9.90 Å². The molecule has 1 aliphatic heterocycles. The van der Waals surface area contributed by atoms with Crippen molar-refractivity contribution in [3.05, 3.63) is 29.8 Å². The van der Waals surface area contributed by atoms with Gasteiger partial charge in [0.1, 0.15) is 11.8 Å². The Morgan fingerprint density at radius 1 is 1.43 bits per heavy atom. The molecular weight excluding hydrogens is 266 g/mol. The molecule has 0 aromatic heterocycles. The first kappa shape index (κ1) is 15.4. The molecule has 4 nitrogen and oxygen atoms in total. The van der Waals surface area contributed by atoms with Gasteiger partial charge in [0.05, 0.1) is 18.3 Å². The topological polar surface area (TPSA) is 49.8 Å². The maximum atomic E-state index is 11.7. The van der Waals surface area contributed by atoms with E-state index in [1.54, 1.807) is 7.11 Å². The second-order valence-corrected chi connectivity index (χ2v) is 5.97. The Morgan fingerprint density at radius 3 is 2.62 bits per heavy atom. The highest BCUT2D eigenvalue weighted by Crippen LogP contribution is 2.45. The van der Waals surface area contributed by atoms with Crippen molar-refractivity contribution in [3.63, 3.8) is 0 Å². The van der Waals surface area contributed by atoms with E-state index in [2.05, 4.69) is 13.0 Å². The first-order valence-electron chi connectivity index (χ1n) is 7.22. The predicted octanol–water partition coefficient (Wildman–Crippen LogP) is 3.56. The van der Waals surface area contributed by atoms with Crippen LogP contribution in [0.1, 0.15) is 39.7 Å². The van der Waals surface area contributed by atoms with Crippen LogP contribution in [0, 0.1) is 0 Å². The molecule has 0 spiro atoms. The van der Waals surface area contributed by atoms with Gasteiger partial charge in [0.15, 0.2) is 0 Å². The van der Waals surface area contributed by atoms with Gasteiger partial charge in [-0.1, -0.05) is 25.1 Å². The standard InChI is InChI=1S/C17H23NO3/c1-6-13(16(19)20)18-15-12(8-7-9-14(15)21-5)11(2)10-17(18,3)4/h7-10,13H,6H2,1-5H3,(H,19,20)/t13-/m1/s1. The summed E-state index contributed by atoms with van der Waals surface area (Å²) in [5, 5.41) is 9.61. The third kappa shape index (κ3) is 2.50. The molecule has 2 rings (SSSR count). The van der Waals surface area contributed by atoms with E-state index in [1.165, 1.54) is 0 Å². The molecule has 1 aromatic carbocycles. The van der Waals surface area contributed by atoms with E-state index >= 15 is 0 Å². The summed E-state index contributed by atoms with van der Waals surface area (Å²) in [7, 11) is 1.62. The summed E-state index contributed by atoms with van der Waals surface area (Å²) < 4.78 is 5.50. The zero-order chi connectivity index (χ0) is 15.8. The molecule has 21 heavy (non-hydrogen) atoms. The highest BCUT2D eigenvalue weighted by molar-refractivity contribution is 5.89. The van der Waals surface area contributed by atoms with Gasteiger partial charge in [0.2, 0.25) is 0 Å². The summed E-state index contributed by atoms with van der Waals surface area (Å²) in [6.45, 7) is 8.03. The van der Waals surface area contributed by atoms with Gasteiger partial charge in [0.25, 0.3) is 0 Å². The molecule has 0 saturated carbocycles. The molecule has 1 aliphatic rings. The summed E-state index contributed by atoms with van der Waals surface area (Å²) in [5.74, 6) is -0.0943. The van der Waals surface area contributed by atoms with Crippen LogP contribution < -0.4 is 9.64 Å². The number of aliphatic carboxylic acids is 1. The lowest BCUT2D eigenvalue weighted by Gasteiger charge is -2.46. The van der Waals surface area contributed by atoms with Crippen LogP contribution in [0.25, 0.3) is 5.57 Å². The molecule has 0 saturated heterocycles. The number of hydrogen-bond donors (Lipinski definition) is 1. The summed E-state index contributed by atoms with van der Waals surface area (Å²) in [5.41, 5.74) is 2.67. The van der Waals surface area contributed by atoms with Gasteiger partial charge < -0.3 is 14.7 Å². The van der Waals surface area contributed by atoms with Crippen LogP contribution >= 0.6 is 0 Å². The van der Waals surface area contributed by atoms with Gasteiger partial charge >= 0.3 is 5.97 Å². The first-order chi connectivity index (χ1) is 9.83. The van der Waals surface area contributed by atoms with Crippen LogP contribution in [0.3, 0.4) is 0 Å². The number of para-hydroxylation sites is 1. The Bertz CT molecular complexity index is 590. The number of carboxylic acid groups (broad SMARTS) is 1. The molecule has 0 unspecified atom stereocenters. The molecule has 0 fully saturated rings. The minimum atomic E-state index is -0.810. The van der Waals surface area contributed by atoms with Gasteiger partial charge in [-0.3, -0.25) is 0 Å². The Balaban J connectivity index is 2.73. The number of carbonyl (C=O) groups is 1. The number of rotatable bonds is 4. The normalized spacial score (nSPS) is 17.8. The third-order valence-electron chi connectivity index (χ3n) is 4.06. The first-order valence-corrected chi connectivity index (χ1v) is 7.22. The fourth-order valence-electron chi connectivity index (χ4n) is 3.24. The number of hydrogen-bond acceptors (Lipinski definition) is 3. The predicted molar refractivity (Wildman–Crippen MR) is 84.9 cm³/mol. The molecule has 1 N–H and O–H groups in total. The van der Waals surface area contributed by atoms with Crippen LogP contribution in [0.5, 0.6) is 5.75 Å². The zero-order valence-electron chi connectivity index (χ0n) is 13.3. The molecule has 0 amide bonds. The molecule has 0 aliphatic carbocycles. The molecule has 1 aromatic rings. The van der Waals surface area contributed by atoms with E-state index in [0.29, 0.717) is 12.2 Å². The number of nitrogens with zero attached hydrogens (tertiary/aromatic N) is 1. The van der Waals surface area contributed by atoms with E-state index in [0.717, 1.165) is 16.8 Å². The summed E-state index contributed by atoms with van der Waals surface area (Å²) in [4.78, 5) is 13.7. The minimum Gasteiger partial charge on any atom is -0.495 e. The Morgan fingerprint density at radius 2 is 2.10 bits per heavy atom. The largest absolute Gasteiger partial charge is 0.495 e. The van der Waals surface area contributed by atoms with Crippen LogP contribution in [0.15, 0.2) is 24.3 Å². The van der Waals surface area contributed by atoms with Crippen LogP contribution in [0.4, 0.5) is 5.69 Å². The molecule has 1 atom stereocenters. The van der Waals surface area contributed by atoms with Crippen molar-refractivity contribution >= 4 is 17.2 Å². The average Bonchev–Trinajstić information content (AvgIpc) is 2.41. The number of fused-ring (bicyclic) bond motifs is 1. The quantitative estimate of drug-likeness (QED) is 0.920. The molecule has 4 heteroatoms. The van der Waals surface area contributed by atoms with Crippen molar-refractivity contribution < 1.29 is 14.6 Å². The number of ether oxygens (including phenoxy) is 1. The van der Waals surface area contributed by atoms with Crippen molar-refractivity contribution in [3.8, 4) is 5.75 Å². The number of anilines is 1. The van der Waals surface area contributed by atoms with Crippen molar-refractivity contribution in [2.75, 3.05) is 12.0 Å². The van der Waals surface area contributed by atoms with Gasteiger partial charge in [-0.15, -0.1) is 0 Å². The molecule has 0 radical (unpaired) electrons. The van der Waals surface area contributed by atoms with Crippen molar-refractivity contribution in [2.45, 2.75) is 45.7 Å². The van der Waals surface area contributed by atoms with E-state index in [-0.39, 0.29) is 5.54 Å². The zero-order valence-corrected chi connectivity index (χ0v) is 13.3. The van der Waals surface area contributed by atoms with Gasteiger partial charge in [0, 0.05) is 5.56 Å². The fraction of sp³-hybridized carbons (Fsp3) is 0.471. The third-order valence-corrected chi connectivity index (χ3v) is 4.06. The highest BCUT2D eigenvalue weighted by atomic mass is 16.5. The summed E-state index contributed by atoms with van der Waals surface area (Å²) >= 11 is 0. The minimum absolute atomic E-state index is 0.384. The van der Waals surface area contributed by atoms with Crippen LogP contribution in [-0.4, -0.2) is 29.8 Å². The monoisotopic (exact) mass is 289 g/mol. The second kappa shape index (κ2) is 5.43. The number of allylic oxidation sites excluding steroid dienone is 1. The van der Waals surface area contributed by atoms with Gasteiger partial charge in [-0.05, 0) is 38.8 Å². The molecule has 1 heterocycles. The van der Waals surface area contributed by atoms with E-state index < -0.39 is 12.0 Å². The Labute approximate surface area is 126 Å². The lowest BCUT2D eigenvalue weighted by Crippen LogP contribution is -2.54. The molecule has 114 valence electrons. The lowest BCUT2D eigenvalue weighted by molar-refractivity contribution is -0.139. The maximum Gasteiger partial charge on any atom is 0.326 e. The SMILES string of the molecule is CC[C@H](C(=O)O)N1c2c(OC)cccc2C(C)=CC1(C)C. The van der Waals surface area contributed by atoms with Crippen molar-refractivity contribution in [2.24, 2.45) is 0 Å². The maximum absolute atomic E-state index is 11.7. The van der Waals surface area contributed by atoms with Gasteiger partial charge in [-0.2, -0.15) is 0 Å². The number of carboxylic acids is 1. The molecular formula is C17H23NO3. The average molecular weight is 289 g/mol. The lowest BCUT2D eigenvalue weighted by atomic mass is 9.86. The van der Waals surface area contributed by atoms with Crippen LogP contribution in [0.2, 0.25) is 0 Å². The Hall–Kier alpha value is -1.97. The van der Waals surface area contributed by atoms with E-state index in [1.807, 2.05) is 43.9 Å². The summed E-state index contributed by atoms with van der Waals surface area (Å²) in [6.07, 6.45) is 2.66. The second-order valence-electron chi connectivity index (χ2n) is 5.97.